The molecule has 5 aliphatic rings. The summed E-state index contributed by atoms with van der Waals surface area (Å²) in [4.78, 5) is 8.26. The van der Waals surface area contributed by atoms with Gasteiger partial charge in [0.05, 0.1) is 5.54 Å². The van der Waals surface area contributed by atoms with E-state index in [2.05, 4.69) is 16.2 Å². The van der Waals surface area contributed by atoms with Gasteiger partial charge in [0.15, 0.2) is 0 Å². The molecule has 1 heterocycles. The summed E-state index contributed by atoms with van der Waals surface area (Å²) in [7, 11) is 0. The van der Waals surface area contributed by atoms with E-state index < -0.39 is 0 Å². The van der Waals surface area contributed by atoms with Crippen LogP contribution >= 0.6 is 0 Å². The minimum atomic E-state index is -0.111. The highest BCUT2D eigenvalue weighted by Crippen LogP contribution is 2.60. The average Bonchev–Trinajstić information content (AvgIpc) is 2.91. The van der Waals surface area contributed by atoms with Crippen LogP contribution in [0.5, 0.6) is 0 Å². The van der Waals surface area contributed by atoms with E-state index in [-0.39, 0.29) is 5.54 Å². The van der Waals surface area contributed by atoms with E-state index in [9.17, 15) is 0 Å². The summed E-state index contributed by atoms with van der Waals surface area (Å²) in [6, 6.07) is 0. The fraction of sp³-hybridized carbons (Fsp3) is 0.812. The second-order valence-corrected chi connectivity index (χ2v) is 8.00. The van der Waals surface area contributed by atoms with Gasteiger partial charge in [-0.25, -0.2) is 4.98 Å². The van der Waals surface area contributed by atoms with E-state index >= 15 is 0 Å². The van der Waals surface area contributed by atoms with Crippen molar-refractivity contribution < 1.29 is 0 Å². The van der Waals surface area contributed by atoms with Crippen LogP contribution in [0.4, 0.5) is 0 Å². The first kappa shape index (κ1) is 10.9. The largest absolute Gasteiger partial charge is 0.344 e. The van der Waals surface area contributed by atoms with Gasteiger partial charge in [0, 0.05) is 17.3 Å². The third kappa shape index (κ3) is 1.45. The van der Waals surface area contributed by atoms with Crippen LogP contribution in [0.1, 0.15) is 62.9 Å². The normalized spacial score (nSPS) is 45.6. The molecule has 5 aliphatic carbocycles. The minimum absolute atomic E-state index is 0.111. The van der Waals surface area contributed by atoms with Gasteiger partial charge in [-0.1, -0.05) is 0 Å². The Hall–Kier alpha value is -0.830. The van der Waals surface area contributed by atoms with Crippen LogP contribution in [-0.2, 0) is 11.0 Å². The van der Waals surface area contributed by atoms with Crippen LogP contribution in [0.3, 0.4) is 0 Å². The number of aromatic amines is 1. The maximum Gasteiger partial charge on any atom is 0.126 e. The molecule has 0 radical (unpaired) electrons. The predicted molar refractivity (Wildman–Crippen MR) is 73.5 cm³/mol. The average molecular weight is 257 g/mol. The molecule has 3 N–H and O–H groups in total. The fourth-order valence-corrected chi connectivity index (χ4v) is 5.66. The third-order valence-electron chi connectivity index (χ3n) is 6.45. The van der Waals surface area contributed by atoms with Crippen LogP contribution in [0, 0.1) is 17.8 Å². The van der Waals surface area contributed by atoms with Gasteiger partial charge in [-0.15, -0.1) is 0 Å². The zero-order valence-corrected chi connectivity index (χ0v) is 11.5. The lowest BCUT2D eigenvalue weighted by Gasteiger charge is -2.56. The zero-order valence-electron chi connectivity index (χ0n) is 11.5. The van der Waals surface area contributed by atoms with Crippen molar-refractivity contribution in [1.29, 1.82) is 0 Å². The molecule has 0 unspecified atom stereocenters. The Morgan fingerprint density at radius 3 is 2.16 bits per heavy atom. The van der Waals surface area contributed by atoms with Gasteiger partial charge in [-0.05, 0) is 69.1 Å². The molecule has 6 rings (SSSR count). The molecule has 3 nitrogen and oxygen atoms in total. The first-order chi connectivity index (χ1) is 9.15. The first-order valence-corrected chi connectivity index (χ1v) is 8.00. The number of nitrogens with one attached hydrogen (secondary N) is 1. The van der Waals surface area contributed by atoms with Gasteiger partial charge in [0.2, 0.25) is 0 Å². The van der Waals surface area contributed by atoms with Crippen LogP contribution < -0.4 is 5.73 Å². The number of nitrogens with two attached hydrogens (primary N) is 1. The van der Waals surface area contributed by atoms with Crippen molar-refractivity contribution in [3.05, 3.63) is 17.7 Å². The van der Waals surface area contributed by atoms with Gasteiger partial charge in [0.25, 0.3) is 0 Å². The quantitative estimate of drug-likeness (QED) is 0.856. The van der Waals surface area contributed by atoms with Crippen molar-refractivity contribution in [2.75, 3.05) is 0 Å². The summed E-state index contributed by atoms with van der Waals surface area (Å²) in [5, 5.41) is 0. The Morgan fingerprint density at radius 2 is 1.63 bits per heavy atom. The molecule has 0 aliphatic heterocycles. The molecule has 3 heteroatoms. The Kier molecular flexibility index (Phi) is 1.86. The first-order valence-electron chi connectivity index (χ1n) is 8.00. The summed E-state index contributed by atoms with van der Waals surface area (Å²) >= 11 is 0. The molecule has 0 saturated heterocycles. The number of nitrogens with zero attached hydrogens (tertiary/aromatic N) is 1. The van der Waals surface area contributed by atoms with Gasteiger partial charge < -0.3 is 10.7 Å². The monoisotopic (exact) mass is 257 g/mol. The second kappa shape index (κ2) is 3.25. The molecule has 102 valence electrons. The Balaban J connectivity index is 1.53. The Labute approximate surface area is 114 Å². The van der Waals surface area contributed by atoms with Crippen molar-refractivity contribution >= 4 is 0 Å². The van der Waals surface area contributed by atoms with E-state index in [0.29, 0.717) is 5.41 Å². The van der Waals surface area contributed by atoms with Crippen LogP contribution in [-0.4, -0.2) is 9.97 Å². The minimum Gasteiger partial charge on any atom is -0.344 e. The van der Waals surface area contributed by atoms with Gasteiger partial charge in [0.1, 0.15) is 5.82 Å². The summed E-state index contributed by atoms with van der Waals surface area (Å²) in [5.74, 6) is 4.03. The number of rotatable bonds is 2. The number of imidazole rings is 1. The molecule has 5 saturated carbocycles. The highest BCUT2D eigenvalue weighted by atomic mass is 15.0. The van der Waals surface area contributed by atoms with Crippen LogP contribution in [0.25, 0.3) is 0 Å². The highest BCUT2D eigenvalue weighted by molar-refractivity contribution is 5.25. The molecule has 4 bridgehead atoms. The van der Waals surface area contributed by atoms with E-state index in [1.807, 2.05) is 0 Å². The molecule has 19 heavy (non-hydrogen) atoms. The molecular weight excluding hydrogens is 234 g/mol. The zero-order chi connectivity index (χ0) is 12.7. The van der Waals surface area contributed by atoms with Crippen molar-refractivity contribution in [1.82, 2.24) is 9.97 Å². The number of hydrogen-bond acceptors (Lipinski definition) is 2. The SMILES string of the molecule is NC1(c2ncc(C34CC5CC(CC(C5)C3)C4)[nH]2)CC1. The van der Waals surface area contributed by atoms with E-state index in [4.69, 9.17) is 5.73 Å². The smallest absolute Gasteiger partial charge is 0.126 e. The van der Waals surface area contributed by atoms with Gasteiger partial charge in [-0.3, -0.25) is 0 Å². The fourth-order valence-electron chi connectivity index (χ4n) is 5.66. The van der Waals surface area contributed by atoms with Gasteiger partial charge >= 0.3 is 0 Å². The topological polar surface area (TPSA) is 54.7 Å². The standard InChI is InChI=1S/C16H23N3/c17-16(1-2-16)14-18-9-13(19-14)15-6-10-3-11(7-15)5-12(4-10)8-15/h9-12H,1-8,17H2,(H,18,19). The molecule has 5 fully saturated rings. The number of H-pyrrole nitrogens is 1. The summed E-state index contributed by atoms with van der Waals surface area (Å²) in [6.45, 7) is 0. The summed E-state index contributed by atoms with van der Waals surface area (Å²) in [5.41, 5.74) is 8.02. The van der Waals surface area contributed by atoms with Crippen LogP contribution in [0.15, 0.2) is 6.20 Å². The van der Waals surface area contributed by atoms with Crippen molar-refractivity contribution in [3.8, 4) is 0 Å². The number of hydrogen-bond donors (Lipinski definition) is 2. The lowest BCUT2D eigenvalue weighted by molar-refractivity contribution is -0.00707. The maximum atomic E-state index is 6.28. The second-order valence-electron chi connectivity index (χ2n) is 8.00. The summed E-state index contributed by atoms with van der Waals surface area (Å²) < 4.78 is 0. The molecule has 0 atom stereocenters. The van der Waals surface area contributed by atoms with E-state index in [1.165, 1.54) is 44.2 Å². The molecule has 0 spiro atoms. The maximum absolute atomic E-state index is 6.28. The Morgan fingerprint density at radius 1 is 1.05 bits per heavy atom. The predicted octanol–water partition coefficient (Wildman–Crippen LogP) is 2.83. The summed E-state index contributed by atoms with van der Waals surface area (Å²) in [6.07, 6.45) is 13.0. The highest BCUT2D eigenvalue weighted by Gasteiger charge is 2.53. The molecule has 1 aromatic rings. The van der Waals surface area contributed by atoms with Crippen LogP contribution in [0.2, 0.25) is 0 Å². The molecular formula is C16H23N3. The van der Waals surface area contributed by atoms with E-state index in [0.717, 1.165) is 36.4 Å². The molecule has 1 aromatic heterocycles. The Bertz CT molecular complexity index is 491. The molecule has 0 amide bonds. The lowest BCUT2D eigenvalue weighted by Crippen LogP contribution is -2.48. The van der Waals surface area contributed by atoms with Crippen molar-refractivity contribution in [2.24, 2.45) is 23.5 Å². The van der Waals surface area contributed by atoms with Crippen molar-refractivity contribution in [3.63, 3.8) is 0 Å². The van der Waals surface area contributed by atoms with E-state index in [1.54, 1.807) is 0 Å². The van der Waals surface area contributed by atoms with Gasteiger partial charge in [-0.2, -0.15) is 0 Å². The van der Waals surface area contributed by atoms with Crippen molar-refractivity contribution in [2.45, 2.75) is 62.3 Å². The number of aromatic nitrogens is 2. The lowest BCUT2D eigenvalue weighted by atomic mass is 9.49. The molecule has 0 aromatic carbocycles. The third-order valence-corrected chi connectivity index (χ3v) is 6.45.